The van der Waals surface area contributed by atoms with Crippen LogP contribution in [0.2, 0.25) is 0 Å². The molecule has 5 atom stereocenters. The van der Waals surface area contributed by atoms with Gasteiger partial charge in [0, 0.05) is 36.7 Å². The monoisotopic (exact) mass is 631 g/mol. The number of hydrogen-bond acceptors (Lipinski definition) is 7. The number of benzene rings is 1. The van der Waals surface area contributed by atoms with Gasteiger partial charge in [0.15, 0.2) is 5.76 Å². The number of likely N-dealkylation sites (N-methyl/N-ethyl adjacent to an activating group) is 1. The Labute approximate surface area is 266 Å². The molecule has 2 heterocycles. The number of hydrogen-bond donors (Lipinski definition) is 4. The van der Waals surface area contributed by atoms with E-state index < -0.39 is 35.1 Å². The van der Waals surface area contributed by atoms with E-state index in [1.807, 2.05) is 6.07 Å². The van der Waals surface area contributed by atoms with E-state index in [1.54, 1.807) is 25.1 Å². The van der Waals surface area contributed by atoms with Gasteiger partial charge < -0.3 is 30.3 Å². The van der Waals surface area contributed by atoms with Crippen LogP contribution in [0.5, 0.6) is 0 Å². The second-order valence-electron chi connectivity index (χ2n) is 13.1. The molecule has 2 bridgehead atoms. The Morgan fingerprint density at radius 2 is 1.80 bits per heavy atom. The number of Topliss-reactive ketones (excluding diaryl/α,β-unsaturated/α-hetero) is 1. The first-order valence-electron chi connectivity index (χ1n) is 15.6. The predicted octanol–water partition coefficient (Wildman–Crippen LogP) is 2.92. The third kappa shape index (κ3) is 6.33. The molecule has 0 radical (unpaired) electrons. The normalized spacial score (nSPS) is 21.8. The number of ketones is 1. The van der Waals surface area contributed by atoms with Gasteiger partial charge in [0.2, 0.25) is 17.6 Å². The lowest BCUT2D eigenvalue weighted by Crippen LogP contribution is -2.60. The predicted molar refractivity (Wildman–Crippen MR) is 171 cm³/mol. The molecule has 0 aliphatic heterocycles. The third-order valence-electron chi connectivity index (χ3n) is 10.1. The topological polar surface area (TPSA) is 169 Å². The van der Waals surface area contributed by atoms with E-state index in [4.69, 9.17) is 4.42 Å². The number of para-hydroxylation sites is 1. The van der Waals surface area contributed by atoms with Crippen LogP contribution in [0.1, 0.15) is 62.6 Å². The van der Waals surface area contributed by atoms with Gasteiger partial charge in [0.1, 0.15) is 23.9 Å². The van der Waals surface area contributed by atoms with Crippen molar-refractivity contribution in [1.82, 2.24) is 20.5 Å². The molecule has 1 aromatic carbocycles. The van der Waals surface area contributed by atoms with Crippen LogP contribution in [0.3, 0.4) is 0 Å². The van der Waals surface area contributed by atoms with Gasteiger partial charge in [-0.3, -0.25) is 28.8 Å². The number of rotatable bonds is 11. The zero-order valence-corrected chi connectivity index (χ0v) is 26.8. The summed E-state index contributed by atoms with van der Waals surface area (Å²) >= 11 is 0. The van der Waals surface area contributed by atoms with Crippen molar-refractivity contribution in [3.05, 3.63) is 64.3 Å². The van der Waals surface area contributed by atoms with Crippen molar-refractivity contribution in [1.29, 1.82) is 0 Å². The molecular weight excluding hydrogens is 590 g/mol. The van der Waals surface area contributed by atoms with Crippen LogP contribution in [0, 0.1) is 30.1 Å². The fourth-order valence-electron chi connectivity index (χ4n) is 7.14. The lowest BCUT2D eigenvalue weighted by Gasteiger charge is -2.62. The molecule has 2 aromatic heterocycles. The molecule has 0 spiro atoms. The lowest BCUT2D eigenvalue weighted by molar-refractivity contribution is -0.137. The van der Waals surface area contributed by atoms with Gasteiger partial charge in [-0.15, -0.1) is 0 Å². The van der Waals surface area contributed by atoms with Crippen LogP contribution >= 0.6 is 0 Å². The van der Waals surface area contributed by atoms with Crippen molar-refractivity contribution < 1.29 is 28.4 Å². The molecule has 6 rings (SSSR count). The maximum absolute atomic E-state index is 13.5. The Hall–Kier alpha value is -4.74. The van der Waals surface area contributed by atoms with Gasteiger partial charge in [-0.2, -0.15) is 0 Å². The van der Waals surface area contributed by atoms with Crippen molar-refractivity contribution in [3.63, 3.8) is 0 Å². The van der Waals surface area contributed by atoms with Crippen LogP contribution in [0.25, 0.3) is 11.0 Å². The molecule has 4 N–H and O–H groups in total. The SMILES string of the molecule is CNC(=O)C(=O)CC[C@H](NC(=O)c1oc2ccccc2c1C)C(=O)Nc1cccn(CC(=O)N[C@H]2C[C@H]3C[C@@H]([C@@H]2C)C3(C)C)c1=O. The Kier molecular flexibility index (Phi) is 9.18. The van der Waals surface area contributed by atoms with Gasteiger partial charge in [-0.1, -0.05) is 39.0 Å². The number of pyridine rings is 1. The highest BCUT2D eigenvalue weighted by molar-refractivity contribution is 6.36. The number of carbonyl (C=O) groups excluding carboxylic acids is 5. The van der Waals surface area contributed by atoms with Gasteiger partial charge >= 0.3 is 0 Å². The molecule has 244 valence electrons. The van der Waals surface area contributed by atoms with Crippen molar-refractivity contribution in [2.45, 2.75) is 72.0 Å². The first-order chi connectivity index (χ1) is 21.8. The Morgan fingerprint density at radius 1 is 1.07 bits per heavy atom. The average Bonchev–Trinajstić information content (AvgIpc) is 3.37. The number of furan rings is 1. The summed E-state index contributed by atoms with van der Waals surface area (Å²) in [4.78, 5) is 77.1. The fraction of sp³-hybridized carbons (Fsp3) is 0.471. The Bertz CT molecular complexity index is 1760. The van der Waals surface area contributed by atoms with Gasteiger partial charge in [0.25, 0.3) is 17.4 Å². The minimum Gasteiger partial charge on any atom is -0.451 e. The zero-order valence-electron chi connectivity index (χ0n) is 26.8. The minimum atomic E-state index is -1.30. The summed E-state index contributed by atoms with van der Waals surface area (Å²) in [5.74, 6) is -1.91. The molecule has 3 aromatic rings. The van der Waals surface area contributed by atoms with E-state index in [-0.39, 0.29) is 48.2 Å². The molecule has 12 nitrogen and oxygen atoms in total. The maximum atomic E-state index is 13.5. The number of amides is 4. The molecule has 3 aliphatic rings. The van der Waals surface area contributed by atoms with Gasteiger partial charge in [-0.25, -0.2) is 0 Å². The zero-order chi connectivity index (χ0) is 33.3. The molecular formula is C34H41N5O7. The van der Waals surface area contributed by atoms with Crippen LogP contribution in [-0.4, -0.2) is 53.1 Å². The summed E-state index contributed by atoms with van der Waals surface area (Å²) in [6, 6.07) is 8.76. The van der Waals surface area contributed by atoms with Crippen molar-refractivity contribution in [3.8, 4) is 0 Å². The van der Waals surface area contributed by atoms with Crippen LogP contribution < -0.4 is 26.8 Å². The average molecular weight is 632 g/mol. The molecule has 0 saturated heterocycles. The molecule has 12 heteroatoms. The summed E-state index contributed by atoms with van der Waals surface area (Å²) < 4.78 is 6.94. The lowest BCUT2D eigenvalue weighted by atomic mass is 9.45. The Balaban J connectivity index is 1.28. The summed E-state index contributed by atoms with van der Waals surface area (Å²) in [6.07, 6.45) is 3.00. The van der Waals surface area contributed by atoms with E-state index in [9.17, 15) is 28.8 Å². The van der Waals surface area contributed by atoms with Gasteiger partial charge in [-0.05, 0) is 67.6 Å². The molecule has 3 saturated carbocycles. The first kappa shape index (κ1) is 32.6. The van der Waals surface area contributed by atoms with Crippen LogP contribution in [-0.2, 0) is 25.7 Å². The first-order valence-corrected chi connectivity index (χ1v) is 15.6. The second kappa shape index (κ2) is 12.9. The van der Waals surface area contributed by atoms with Crippen LogP contribution in [0.15, 0.2) is 51.8 Å². The summed E-state index contributed by atoms with van der Waals surface area (Å²) in [7, 11) is 1.32. The summed E-state index contributed by atoms with van der Waals surface area (Å²) in [5.41, 5.74) is 0.634. The number of aryl methyl sites for hydroxylation is 1. The molecule has 0 unspecified atom stereocenters. The van der Waals surface area contributed by atoms with E-state index in [0.717, 1.165) is 11.8 Å². The van der Waals surface area contributed by atoms with E-state index >= 15 is 0 Å². The van der Waals surface area contributed by atoms with Crippen molar-refractivity contribution >= 4 is 46.1 Å². The number of anilines is 1. The van der Waals surface area contributed by atoms with E-state index in [1.165, 1.54) is 36.4 Å². The van der Waals surface area contributed by atoms with Crippen molar-refractivity contribution in [2.24, 2.45) is 23.2 Å². The van der Waals surface area contributed by atoms with Gasteiger partial charge in [0.05, 0.1) is 0 Å². The quantitative estimate of drug-likeness (QED) is 0.236. The Morgan fingerprint density at radius 3 is 2.48 bits per heavy atom. The number of nitrogens with zero attached hydrogens (tertiary/aromatic N) is 1. The highest BCUT2D eigenvalue weighted by Gasteiger charge is 2.56. The van der Waals surface area contributed by atoms with E-state index in [2.05, 4.69) is 42.0 Å². The minimum absolute atomic E-state index is 0.00198. The maximum Gasteiger partial charge on any atom is 0.287 e. The van der Waals surface area contributed by atoms with Crippen molar-refractivity contribution in [2.75, 3.05) is 12.4 Å². The summed E-state index contributed by atoms with van der Waals surface area (Å²) in [5, 5.41) is 11.2. The number of aromatic nitrogens is 1. The number of nitrogens with one attached hydrogen (secondary N) is 4. The molecule has 3 aliphatic carbocycles. The molecule has 4 amide bonds. The van der Waals surface area contributed by atoms with Crippen LogP contribution in [0.4, 0.5) is 5.69 Å². The third-order valence-corrected chi connectivity index (χ3v) is 10.1. The number of carbonyl (C=O) groups is 5. The number of fused-ring (bicyclic) bond motifs is 3. The second-order valence-corrected chi connectivity index (χ2v) is 13.1. The molecule has 46 heavy (non-hydrogen) atoms. The highest BCUT2D eigenvalue weighted by Crippen LogP contribution is 2.61. The molecule has 3 fully saturated rings. The summed E-state index contributed by atoms with van der Waals surface area (Å²) in [6.45, 7) is 8.23. The highest BCUT2D eigenvalue weighted by atomic mass is 16.3. The smallest absolute Gasteiger partial charge is 0.287 e. The fourth-order valence-corrected chi connectivity index (χ4v) is 7.14. The largest absolute Gasteiger partial charge is 0.451 e. The van der Waals surface area contributed by atoms with E-state index in [0.29, 0.717) is 28.9 Å². The standard InChI is InChI=1S/C34H41N5O7/c1-18-21-9-6-7-11-27(21)46-29(18)32(44)37-23(12-13-26(40)31(43)35-5)30(42)38-24-10-8-14-39(33(24)45)17-28(41)36-25-16-20-15-22(19(25)2)34(20,3)4/h6-11,14,19-20,22-23,25H,12-13,15-17H2,1-5H3,(H,35,43)(H,36,41)(H,37,44)(H,38,42)/t19-,20+,22-,23-,25-/m0/s1.